The Hall–Kier alpha value is -4.07. The molecule has 14 heteroatoms. The largest absolute Gasteiger partial charge is 0.490 e. The molecule has 0 aliphatic carbocycles. The van der Waals surface area contributed by atoms with Crippen LogP contribution in [-0.4, -0.2) is 63.6 Å². The van der Waals surface area contributed by atoms with E-state index in [1.807, 2.05) is 0 Å². The molecule has 0 aromatic heterocycles. The number of carboxylic acid groups (broad SMARTS) is 2. The topological polar surface area (TPSA) is 180 Å². The first-order chi connectivity index (χ1) is 16.7. The minimum atomic E-state index is -5.08. The highest BCUT2D eigenvalue weighted by molar-refractivity contribution is 7.98. The van der Waals surface area contributed by atoms with Gasteiger partial charge in [-0.25, -0.2) is 9.59 Å². The number of nitrogens with two attached hydrogens (primary N) is 1. The third-order valence-corrected chi connectivity index (χ3v) is 4.84. The molecule has 1 unspecified atom stereocenters. The van der Waals surface area contributed by atoms with Gasteiger partial charge in [0.15, 0.2) is 0 Å². The Morgan fingerprint density at radius 2 is 1.47 bits per heavy atom. The fourth-order valence-electron chi connectivity index (χ4n) is 2.44. The van der Waals surface area contributed by atoms with Crippen LogP contribution in [0.4, 0.5) is 13.2 Å². The minimum absolute atomic E-state index is 0.0925. The zero-order chi connectivity index (χ0) is 27.5. The summed E-state index contributed by atoms with van der Waals surface area (Å²) >= 11 is 1.37. The lowest BCUT2D eigenvalue weighted by molar-refractivity contribution is -0.192. The predicted octanol–water partition coefficient (Wildman–Crippen LogP) is 2.52. The number of aliphatic carboxylic acids is 2. The molecular weight excluding hydrogens is 507 g/mol. The number of nitrogen functional groups attached to an aromatic ring is 1. The van der Waals surface area contributed by atoms with Crippen molar-refractivity contribution in [1.82, 2.24) is 5.32 Å². The van der Waals surface area contributed by atoms with Gasteiger partial charge in [0.1, 0.15) is 11.6 Å². The Morgan fingerprint density at radius 3 is 1.89 bits per heavy atom. The van der Waals surface area contributed by atoms with E-state index in [1.54, 1.807) is 24.5 Å². The van der Waals surface area contributed by atoms with Crippen LogP contribution in [-0.2, 0) is 14.4 Å². The number of hydrogen-bond donors (Lipinski definition) is 5. The predicted molar refractivity (Wildman–Crippen MR) is 124 cm³/mol. The van der Waals surface area contributed by atoms with Crippen LogP contribution >= 0.6 is 11.8 Å². The number of ether oxygens (including phenoxy) is 1. The van der Waals surface area contributed by atoms with E-state index in [1.165, 1.54) is 48.2 Å². The Balaban J connectivity index is 0.000000809. The number of amides is 1. The molecule has 194 valence electrons. The monoisotopic (exact) mass is 529 g/mol. The van der Waals surface area contributed by atoms with Crippen LogP contribution in [0.25, 0.3) is 0 Å². The second-order valence-corrected chi connectivity index (χ2v) is 7.80. The third kappa shape index (κ3) is 8.61. The summed E-state index contributed by atoms with van der Waals surface area (Å²) < 4.78 is 37.3. The van der Waals surface area contributed by atoms with E-state index in [0.717, 1.165) is 0 Å². The molecule has 0 spiro atoms. The number of carbonyl (C=O) groups excluding carboxylic acids is 2. The molecular formula is C22H22F3N3O7S. The van der Waals surface area contributed by atoms with Gasteiger partial charge >= 0.3 is 23.8 Å². The quantitative estimate of drug-likeness (QED) is 0.134. The first-order valence-corrected chi connectivity index (χ1v) is 11.2. The Labute approximate surface area is 207 Å². The van der Waals surface area contributed by atoms with Crippen LogP contribution in [0.1, 0.15) is 22.3 Å². The van der Waals surface area contributed by atoms with Crippen LogP contribution in [0.2, 0.25) is 0 Å². The van der Waals surface area contributed by atoms with Crippen LogP contribution in [0, 0.1) is 5.41 Å². The first-order valence-electron chi connectivity index (χ1n) is 9.81. The molecule has 10 nitrogen and oxygen atoms in total. The van der Waals surface area contributed by atoms with E-state index >= 15 is 0 Å². The maximum atomic E-state index is 12.8. The first kappa shape index (κ1) is 30.0. The molecule has 0 radical (unpaired) electrons. The number of rotatable bonds is 10. The summed E-state index contributed by atoms with van der Waals surface area (Å²) in [6.45, 7) is 0. The molecule has 2 aromatic rings. The maximum Gasteiger partial charge on any atom is 0.490 e. The zero-order valence-electron chi connectivity index (χ0n) is 18.7. The molecule has 0 heterocycles. The van der Waals surface area contributed by atoms with Gasteiger partial charge in [-0.05, 0) is 30.5 Å². The summed E-state index contributed by atoms with van der Waals surface area (Å²) in [5, 5.41) is 26.6. The second-order valence-electron chi connectivity index (χ2n) is 6.82. The fraction of sp³-hybridized carbons (Fsp3) is 0.227. The van der Waals surface area contributed by atoms with Gasteiger partial charge in [-0.15, -0.1) is 0 Å². The van der Waals surface area contributed by atoms with Crippen LogP contribution in [0.15, 0.2) is 54.6 Å². The van der Waals surface area contributed by atoms with E-state index in [-0.39, 0.29) is 23.6 Å². The molecule has 2 aromatic carbocycles. The van der Waals surface area contributed by atoms with E-state index in [0.29, 0.717) is 11.3 Å². The number of thioether (sulfide) groups is 1. The number of ketones is 1. The number of nitrogens with one attached hydrogen (secondary N) is 2. The number of carboxylic acids is 2. The molecule has 0 aliphatic rings. The maximum absolute atomic E-state index is 12.8. The van der Waals surface area contributed by atoms with E-state index < -0.39 is 35.5 Å². The zero-order valence-corrected chi connectivity index (χ0v) is 19.5. The Morgan fingerprint density at radius 1 is 0.972 bits per heavy atom. The van der Waals surface area contributed by atoms with Crippen molar-refractivity contribution in [3.05, 3.63) is 65.7 Å². The molecule has 1 atom stereocenters. The molecule has 0 saturated heterocycles. The number of Topliss-reactive ketones (excluding diaryl/α,β-unsaturated/α-hetero) is 1. The summed E-state index contributed by atoms with van der Waals surface area (Å²) in [7, 11) is 0. The highest BCUT2D eigenvalue weighted by Gasteiger charge is 2.50. The van der Waals surface area contributed by atoms with Crippen molar-refractivity contribution < 1.29 is 47.3 Å². The van der Waals surface area contributed by atoms with Gasteiger partial charge in [-0.2, -0.15) is 24.9 Å². The van der Waals surface area contributed by atoms with E-state index in [9.17, 15) is 32.7 Å². The van der Waals surface area contributed by atoms with Crippen molar-refractivity contribution in [2.75, 3.05) is 12.0 Å². The van der Waals surface area contributed by atoms with Gasteiger partial charge in [-0.1, -0.05) is 30.3 Å². The number of carbonyl (C=O) groups is 4. The molecule has 0 aliphatic heterocycles. The second kappa shape index (κ2) is 13.1. The molecule has 2 rings (SSSR count). The highest BCUT2D eigenvalue weighted by atomic mass is 32.2. The summed E-state index contributed by atoms with van der Waals surface area (Å²) in [5.74, 6) is -5.65. The highest BCUT2D eigenvalue weighted by Crippen LogP contribution is 2.21. The van der Waals surface area contributed by atoms with Crippen LogP contribution in [0.3, 0.4) is 0 Å². The summed E-state index contributed by atoms with van der Waals surface area (Å²) in [6, 6.07) is 13.6. The number of amidine groups is 1. The lowest BCUT2D eigenvalue weighted by Crippen LogP contribution is -2.64. The molecule has 0 bridgehead atoms. The SMILES string of the molecule is CSCCC(=O)C(NC(=O)c1ccc(C(=N)N)cc1)(Oc1ccccc1)C(=O)O.O=C(O)C(F)(F)F. The van der Waals surface area contributed by atoms with Crippen molar-refractivity contribution in [2.24, 2.45) is 5.73 Å². The van der Waals surface area contributed by atoms with Gasteiger partial charge in [0.25, 0.3) is 5.91 Å². The van der Waals surface area contributed by atoms with Crippen LogP contribution in [0.5, 0.6) is 5.75 Å². The van der Waals surface area contributed by atoms with E-state index in [2.05, 4.69) is 5.32 Å². The van der Waals surface area contributed by atoms with Crippen molar-refractivity contribution >= 4 is 41.2 Å². The number of alkyl halides is 3. The molecule has 0 fully saturated rings. The number of hydrogen-bond acceptors (Lipinski definition) is 7. The average Bonchev–Trinajstić information content (AvgIpc) is 2.82. The summed E-state index contributed by atoms with van der Waals surface area (Å²) in [6.07, 6.45) is -3.41. The van der Waals surface area contributed by atoms with Crippen molar-refractivity contribution in [2.45, 2.75) is 18.3 Å². The smallest absolute Gasteiger partial charge is 0.476 e. The Bertz CT molecular complexity index is 1100. The number of halogens is 3. The van der Waals surface area contributed by atoms with Crippen molar-refractivity contribution in [3.8, 4) is 5.75 Å². The van der Waals surface area contributed by atoms with Gasteiger partial charge in [-0.3, -0.25) is 20.3 Å². The van der Waals surface area contributed by atoms with Crippen molar-refractivity contribution in [1.29, 1.82) is 5.41 Å². The Kier molecular flexibility index (Phi) is 10.9. The molecule has 0 saturated carbocycles. The van der Waals surface area contributed by atoms with Gasteiger partial charge in [0.2, 0.25) is 5.78 Å². The normalized spacial score (nSPS) is 12.2. The average molecular weight is 529 g/mol. The van der Waals surface area contributed by atoms with Crippen LogP contribution < -0.4 is 15.8 Å². The lowest BCUT2D eigenvalue weighted by Gasteiger charge is -2.29. The van der Waals surface area contributed by atoms with Gasteiger partial charge in [0.05, 0.1) is 0 Å². The molecule has 36 heavy (non-hydrogen) atoms. The standard InChI is InChI=1S/C20H21N3O5S.C2HF3O2/c1-29-12-11-16(24)20(19(26)27,28-15-5-3-2-4-6-15)23-18(25)14-9-7-13(8-10-14)17(21)22;3-2(4,5)1(6)7/h2-10H,11-12H2,1H3,(H3,21,22)(H,23,25)(H,26,27);(H,6,7). The number of benzene rings is 2. The van der Waals surface area contributed by atoms with E-state index in [4.69, 9.17) is 25.8 Å². The van der Waals surface area contributed by atoms with Gasteiger partial charge < -0.3 is 20.7 Å². The van der Waals surface area contributed by atoms with Gasteiger partial charge in [0, 0.05) is 23.3 Å². The molecule has 1 amide bonds. The summed E-state index contributed by atoms with van der Waals surface area (Å²) in [5.41, 5.74) is 3.31. The number of para-hydroxylation sites is 1. The molecule has 6 N–H and O–H groups in total. The van der Waals surface area contributed by atoms with Crippen molar-refractivity contribution in [3.63, 3.8) is 0 Å². The third-order valence-electron chi connectivity index (χ3n) is 4.23. The lowest BCUT2D eigenvalue weighted by atomic mass is 10.0. The minimum Gasteiger partial charge on any atom is -0.476 e. The fourth-order valence-corrected chi connectivity index (χ4v) is 2.83. The summed E-state index contributed by atoms with van der Waals surface area (Å²) in [4.78, 5) is 46.5.